The molecule has 4 rings (SSSR count). The first-order valence-electron chi connectivity index (χ1n) is 8.40. The number of carbonyl (C=O) groups excluding carboxylic acids is 1. The Morgan fingerprint density at radius 1 is 1.31 bits per heavy atom. The van der Waals surface area contributed by atoms with E-state index in [4.69, 9.17) is 24.5 Å². The molecule has 3 aliphatic rings. The second kappa shape index (κ2) is 7.51. The third-order valence-electron chi connectivity index (χ3n) is 4.45. The molecule has 3 heterocycles. The van der Waals surface area contributed by atoms with E-state index < -0.39 is 24.2 Å². The van der Waals surface area contributed by atoms with Gasteiger partial charge in [-0.05, 0) is 11.1 Å². The van der Waals surface area contributed by atoms with Gasteiger partial charge in [-0.15, -0.1) is 0 Å². The lowest BCUT2D eigenvalue weighted by Gasteiger charge is -2.53. The molecule has 2 bridgehead atoms. The third-order valence-corrected chi connectivity index (χ3v) is 4.45. The van der Waals surface area contributed by atoms with E-state index in [0.29, 0.717) is 19.8 Å². The van der Waals surface area contributed by atoms with Crippen LogP contribution in [-0.4, -0.2) is 44.0 Å². The third kappa shape index (κ3) is 3.91. The van der Waals surface area contributed by atoms with Crippen LogP contribution in [-0.2, 0) is 25.6 Å². The topological polar surface area (TPSA) is 115 Å². The molecule has 1 aromatic rings. The summed E-state index contributed by atoms with van der Waals surface area (Å²) >= 11 is 0. The van der Waals surface area contributed by atoms with Gasteiger partial charge >= 0.3 is 12.1 Å². The predicted octanol–water partition coefficient (Wildman–Crippen LogP) is 2.72. The van der Waals surface area contributed by atoms with E-state index in [9.17, 15) is 4.79 Å². The normalized spacial score (nSPS) is 29.3. The highest BCUT2D eigenvalue weighted by Gasteiger charge is 2.56. The van der Waals surface area contributed by atoms with Gasteiger partial charge in [-0.25, -0.2) is 4.79 Å². The zero-order valence-corrected chi connectivity index (χ0v) is 14.8. The quantitative estimate of drug-likeness (QED) is 0.475. The highest BCUT2D eigenvalue weighted by atomic mass is 16.9. The van der Waals surface area contributed by atoms with Gasteiger partial charge in [0.2, 0.25) is 0 Å². The maximum absolute atomic E-state index is 12.3. The second-order valence-corrected chi connectivity index (χ2v) is 6.91. The Morgan fingerprint density at radius 2 is 1.92 bits per heavy atom. The number of nitrogens with zero attached hydrogens (tertiary/aromatic N) is 3. The summed E-state index contributed by atoms with van der Waals surface area (Å²) in [4.78, 5) is 15.1. The van der Waals surface area contributed by atoms with Gasteiger partial charge in [0.1, 0.15) is 12.6 Å². The maximum atomic E-state index is 12.3. The number of rotatable bonds is 6. The van der Waals surface area contributed by atoms with Gasteiger partial charge in [0.25, 0.3) is 0 Å². The average Bonchev–Trinajstić information content (AvgIpc) is 2.66. The smallest absolute Gasteiger partial charge is 0.407 e. The molecule has 0 radical (unpaired) electrons. The van der Waals surface area contributed by atoms with Crippen LogP contribution in [0.2, 0.25) is 0 Å². The van der Waals surface area contributed by atoms with Crippen LogP contribution >= 0.6 is 0 Å². The molecule has 140 valence electrons. The standard InChI is InChI=1S/C17H22N4O5/c1-12(20-21-18)14(17-24-9-16(2,10-25-17)11-26-17)19-15(22)23-8-13-6-4-3-5-7-13/h3-7,12,14H,8-11H2,1-2H3,(H,19,22)/t12-,14-,16?,17?/m0/s1. The van der Waals surface area contributed by atoms with Crippen LogP contribution in [0.5, 0.6) is 0 Å². The molecular formula is C17H22N4O5. The molecule has 1 aromatic carbocycles. The van der Waals surface area contributed by atoms with Crippen molar-refractivity contribution in [3.05, 3.63) is 46.3 Å². The Hall–Kier alpha value is -2.32. The van der Waals surface area contributed by atoms with Crippen molar-refractivity contribution in [3.63, 3.8) is 0 Å². The van der Waals surface area contributed by atoms with Crippen molar-refractivity contribution in [2.24, 2.45) is 10.5 Å². The molecule has 9 heteroatoms. The lowest BCUT2D eigenvalue weighted by molar-refractivity contribution is -0.474. The fraction of sp³-hybridized carbons (Fsp3) is 0.588. The number of hydrogen-bond donors (Lipinski definition) is 1. The molecule has 2 atom stereocenters. The summed E-state index contributed by atoms with van der Waals surface area (Å²) in [5, 5.41) is 6.34. The van der Waals surface area contributed by atoms with E-state index in [1.165, 1.54) is 0 Å². The van der Waals surface area contributed by atoms with Gasteiger partial charge in [-0.3, -0.25) is 0 Å². The summed E-state index contributed by atoms with van der Waals surface area (Å²) in [5.74, 6) is -1.49. The Morgan fingerprint density at radius 3 is 2.50 bits per heavy atom. The van der Waals surface area contributed by atoms with Crippen LogP contribution in [0.15, 0.2) is 35.4 Å². The van der Waals surface area contributed by atoms with Gasteiger partial charge in [-0.1, -0.05) is 49.3 Å². The molecular weight excluding hydrogens is 340 g/mol. The number of amides is 1. The summed E-state index contributed by atoms with van der Waals surface area (Å²) in [6.07, 6.45) is -0.678. The minimum atomic E-state index is -1.49. The predicted molar refractivity (Wildman–Crippen MR) is 90.9 cm³/mol. The van der Waals surface area contributed by atoms with Gasteiger partial charge in [0, 0.05) is 10.3 Å². The van der Waals surface area contributed by atoms with Crippen LogP contribution in [0, 0.1) is 5.41 Å². The number of hydrogen-bond acceptors (Lipinski definition) is 6. The summed E-state index contributed by atoms with van der Waals surface area (Å²) in [5.41, 5.74) is 9.41. The average molecular weight is 362 g/mol. The number of alkyl carbamates (subject to hydrolysis) is 1. The summed E-state index contributed by atoms with van der Waals surface area (Å²) in [6.45, 7) is 5.02. The summed E-state index contributed by atoms with van der Waals surface area (Å²) in [6, 6.07) is 7.77. The molecule has 0 unspecified atom stereocenters. The number of ether oxygens (including phenoxy) is 4. The number of azide groups is 1. The van der Waals surface area contributed by atoms with Gasteiger partial charge < -0.3 is 24.3 Å². The molecule has 3 saturated heterocycles. The molecule has 0 saturated carbocycles. The van der Waals surface area contributed by atoms with E-state index >= 15 is 0 Å². The molecule has 3 fully saturated rings. The Kier molecular flexibility index (Phi) is 5.33. The Bertz CT molecular complexity index is 667. The number of fused-ring (bicyclic) bond motifs is 3. The summed E-state index contributed by atoms with van der Waals surface area (Å²) in [7, 11) is 0. The first-order valence-corrected chi connectivity index (χ1v) is 8.40. The number of benzene rings is 1. The van der Waals surface area contributed by atoms with Crippen LogP contribution in [0.25, 0.3) is 10.4 Å². The van der Waals surface area contributed by atoms with Crippen molar-refractivity contribution in [2.45, 2.75) is 38.5 Å². The fourth-order valence-corrected chi connectivity index (χ4v) is 2.89. The van der Waals surface area contributed by atoms with Gasteiger partial charge in [-0.2, -0.15) is 0 Å². The molecule has 0 aromatic heterocycles. The molecule has 1 N–H and O–H groups in total. The van der Waals surface area contributed by atoms with Crippen molar-refractivity contribution in [1.29, 1.82) is 0 Å². The van der Waals surface area contributed by atoms with E-state index in [-0.39, 0.29) is 12.0 Å². The Balaban J connectivity index is 1.68. The van der Waals surface area contributed by atoms with Crippen molar-refractivity contribution in [2.75, 3.05) is 19.8 Å². The van der Waals surface area contributed by atoms with E-state index in [1.807, 2.05) is 37.3 Å². The van der Waals surface area contributed by atoms with Crippen molar-refractivity contribution in [1.82, 2.24) is 5.32 Å². The van der Waals surface area contributed by atoms with Crippen LogP contribution in [0.4, 0.5) is 4.79 Å². The van der Waals surface area contributed by atoms with Crippen LogP contribution < -0.4 is 5.32 Å². The monoisotopic (exact) mass is 362 g/mol. The zero-order valence-electron chi connectivity index (χ0n) is 14.8. The first kappa shape index (κ1) is 18.5. The van der Waals surface area contributed by atoms with E-state index in [0.717, 1.165) is 5.56 Å². The molecule has 3 aliphatic heterocycles. The molecule has 1 amide bonds. The molecule has 26 heavy (non-hydrogen) atoms. The minimum absolute atomic E-state index is 0.114. The highest BCUT2D eigenvalue weighted by Crippen LogP contribution is 2.40. The fourth-order valence-electron chi connectivity index (χ4n) is 2.89. The largest absolute Gasteiger partial charge is 0.445 e. The lowest BCUT2D eigenvalue weighted by Crippen LogP contribution is -2.69. The van der Waals surface area contributed by atoms with E-state index in [1.54, 1.807) is 6.92 Å². The maximum Gasteiger partial charge on any atom is 0.407 e. The van der Waals surface area contributed by atoms with Crippen molar-refractivity contribution in [3.8, 4) is 0 Å². The van der Waals surface area contributed by atoms with Crippen LogP contribution in [0.3, 0.4) is 0 Å². The van der Waals surface area contributed by atoms with Crippen molar-refractivity contribution >= 4 is 6.09 Å². The second-order valence-electron chi connectivity index (χ2n) is 6.91. The Labute approximate surface area is 151 Å². The SMILES string of the molecule is C[C@H](N=[N+]=[N-])[C@H](NC(=O)OCc1ccccc1)C12OCC(C)(CO1)CO2. The van der Waals surface area contributed by atoms with E-state index in [2.05, 4.69) is 15.3 Å². The van der Waals surface area contributed by atoms with Gasteiger partial charge in [0.15, 0.2) is 0 Å². The summed E-state index contributed by atoms with van der Waals surface area (Å²) < 4.78 is 22.5. The minimum Gasteiger partial charge on any atom is -0.445 e. The first-order chi connectivity index (χ1) is 12.5. The van der Waals surface area contributed by atoms with Gasteiger partial charge in [0.05, 0.1) is 25.9 Å². The highest BCUT2D eigenvalue weighted by molar-refractivity contribution is 5.67. The van der Waals surface area contributed by atoms with Crippen LogP contribution in [0.1, 0.15) is 19.4 Å². The number of carbonyl (C=O) groups is 1. The van der Waals surface area contributed by atoms with Crippen molar-refractivity contribution < 1.29 is 23.7 Å². The zero-order chi connectivity index (χ0) is 18.6. The molecule has 9 nitrogen and oxygen atoms in total. The lowest BCUT2D eigenvalue weighted by atomic mass is 9.90. The molecule has 0 spiro atoms. The number of nitrogens with one attached hydrogen (secondary N) is 1. The molecule has 0 aliphatic carbocycles.